The van der Waals surface area contributed by atoms with Crippen molar-refractivity contribution in [1.82, 2.24) is 9.36 Å². The maximum atomic E-state index is 10.2. The second kappa shape index (κ2) is 6.60. The zero-order chi connectivity index (χ0) is 13.7. The second-order valence-corrected chi connectivity index (χ2v) is 6.04. The van der Waals surface area contributed by atoms with Crippen molar-refractivity contribution in [3.8, 4) is 0 Å². The maximum Gasteiger partial charge on any atom is 0.420 e. The average Bonchev–Trinajstić information content (AvgIpc) is 2.45. The number of nitrogens with zero attached hydrogens (tertiary/aromatic N) is 1. The van der Waals surface area contributed by atoms with Gasteiger partial charge in [-0.1, -0.05) is 27.7 Å². The van der Waals surface area contributed by atoms with Gasteiger partial charge in [-0.2, -0.15) is 0 Å². The molecule has 1 fully saturated rings. The SMILES string of the molecule is C=[N+]=S.CNCC(O)C1(C)CCC(C)C1(C)C. The first kappa shape index (κ1) is 16.7. The van der Waals surface area contributed by atoms with E-state index in [4.69, 9.17) is 0 Å². The van der Waals surface area contributed by atoms with Crippen LogP contribution in [0.5, 0.6) is 0 Å². The van der Waals surface area contributed by atoms with Gasteiger partial charge in [-0.3, -0.25) is 0 Å². The normalized spacial score (nSPS) is 32.2. The summed E-state index contributed by atoms with van der Waals surface area (Å²) in [5, 5.41) is 13.3. The van der Waals surface area contributed by atoms with Crippen LogP contribution in [0.3, 0.4) is 0 Å². The predicted molar refractivity (Wildman–Crippen MR) is 76.8 cm³/mol. The smallest absolute Gasteiger partial charge is 0.391 e. The highest BCUT2D eigenvalue weighted by molar-refractivity contribution is 7.46. The Hall–Kier alpha value is -0.280. The highest BCUT2D eigenvalue weighted by atomic mass is 32.1. The minimum absolute atomic E-state index is 0.0649. The predicted octanol–water partition coefficient (Wildman–Crippen LogP) is 1.51. The molecule has 1 saturated carbocycles. The molecule has 4 heteroatoms. The highest BCUT2D eigenvalue weighted by Gasteiger charge is 2.52. The van der Waals surface area contributed by atoms with Gasteiger partial charge >= 0.3 is 12.4 Å². The molecule has 0 heterocycles. The average molecular weight is 259 g/mol. The molecule has 0 aromatic heterocycles. The van der Waals surface area contributed by atoms with Crippen LogP contribution in [0.1, 0.15) is 40.5 Å². The van der Waals surface area contributed by atoms with Gasteiger partial charge in [-0.25, -0.2) is 0 Å². The zero-order valence-corrected chi connectivity index (χ0v) is 12.6. The van der Waals surface area contributed by atoms with E-state index in [2.05, 4.69) is 56.2 Å². The molecule has 0 saturated heterocycles. The van der Waals surface area contributed by atoms with Crippen LogP contribution in [0.2, 0.25) is 0 Å². The Bertz CT molecular complexity index is 275. The summed E-state index contributed by atoms with van der Waals surface area (Å²) in [6.07, 6.45) is 2.15. The second-order valence-electron chi connectivity index (χ2n) is 5.78. The molecule has 0 spiro atoms. The summed E-state index contributed by atoms with van der Waals surface area (Å²) >= 11 is 3.91. The lowest BCUT2D eigenvalue weighted by Gasteiger charge is -2.44. The lowest BCUT2D eigenvalue weighted by atomic mass is 9.63. The Labute approximate surface area is 111 Å². The van der Waals surface area contributed by atoms with E-state index in [0.717, 1.165) is 6.42 Å². The third-order valence-electron chi connectivity index (χ3n) is 4.93. The molecule has 0 amide bonds. The fraction of sp³-hybridized carbons (Fsp3) is 0.923. The zero-order valence-electron chi connectivity index (χ0n) is 11.8. The molecular formula is C13H27N2OS+. The van der Waals surface area contributed by atoms with E-state index in [-0.39, 0.29) is 16.9 Å². The van der Waals surface area contributed by atoms with E-state index in [1.165, 1.54) is 6.42 Å². The molecule has 3 atom stereocenters. The van der Waals surface area contributed by atoms with E-state index >= 15 is 0 Å². The van der Waals surface area contributed by atoms with Gasteiger partial charge in [0.05, 0.1) is 6.10 Å². The molecule has 100 valence electrons. The summed E-state index contributed by atoms with van der Waals surface area (Å²) < 4.78 is 2.83. The van der Waals surface area contributed by atoms with Crippen molar-refractivity contribution >= 4 is 19.1 Å². The Morgan fingerprint density at radius 2 is 2.00 bits per heavy atom. The quantitative estimate of drug-likeness (QED) is 0.597. The van der Waals surface area contributed by atoms with E-state index in [9.17, 15) is 5.11 Å². The van der Waals surface area contributed by atoms with Crippen LogP contribution in [0.15, 0.2) is 0 Å². The third kappa shape index (κ3) is 3.35. The summed E-state index contributed by atoms with van der Waals surface area (Å²) in [5.41, 5.74) is 0.304. The topological polar surface area (TPSA) is 46.4 Å². The lowest BCUT2D eigenvalue weighted by Crippen LogP contribution is -2.46. The van der Waals surface area contributed by atoms with Crippen LogP contribution in [0, 0.1) is 16.7 Å². The molecule has 0 aromatic carbocycles. The van der Waals surface area contributed by atoms with Gasteiger partial charge < -0.3 is 10.4 Å². The summed E-state index contributed by atoms with van der Waals surface area (Å²) in [4.78, 5) is 0. The molecule has 3 nitrogen and oxygen atoms in total. The Morgan fingerprint density at radius 3 is 2.29 bits per heavy atom. The van der Waals surface area contributed by atoms with Crippen LogP contribution >= 0.6 is 0 Å². The Kier molecular flexibility index (Phi) is 6.49. The summed E-state index contributed by atoms with van der Waals surface area (Å²) in [6.45, 7) is 12.8. The van der Waals surface area contributed by atoms with Crippen molar-refractivity contribution in [1.29, 1.82) is 0 Å². The first-order valence-electron chi connectivity index (χ1n) is 6.19. The van der Waals surface area contributed by atoms with Crippen LogP contribution in [0.25, 0.3) is 0 Å². The van der Waals surface area contributed by atoms with Crippen LogP contribution < -0.4 is 9.36 Å². The Balaban J connectivity index is 0.000000770. The number of aliphatic hydroxyl groups is 1. The van der Waals surface area contributed by atoms with Crippen molar-refractivity contribution in [2.24, 2.45) is 16.7 Å². The Morgan fingerprint density at radius 1 is 1.53 bits per heavy atom. The minimum atomic E-state index is -0.229. The van der Waals surface area contributed by atoms with Gasteiger partial charge in [0.15, 0.2) is 0 Å². The van der Waals surface area contributed by atoms with Crippen molar-refractivity contribution in [3.63, 3.8) is 0 Å². The molecule has 17 heavy (non-hydrogen) atoms. The fourth-order valence-corrected chi connectivity index (χ4v) is 2.78. The monoisotopic (exact) mass is 259 g/mol. The fourth-order valence-electron chi connectivity index (χ4n) is 2.78. The van der Waals surface area contributed by atoms with Crippen LogP contribution in [-0.2, 0) is 12.4 Å². The number of likely N-dealkylation sites (N-methyl/N-ethyl adjacent to an activating group) is 1. The van der Waals surface area contributed by atoms with E-state index in [1.54, 1.807) is 0 Å². The molecule has 2 N–H and O–H groups in total. The van der Waals surface area contributed by atoms with Gasteiger partial charge in [-0.15, -0.1) is 0 Å². The summed E-state index contributed by atoms with van der Waals surface area (Å²) in [6, 6.07) is 0. The van der Waals surface area contributed by atoms with Crippen molar-refractivity contribution in [2.45, 2.75) is 46.6 Å². The van der Waals surface area contributed by atoms with Crippen molar-refractivity contribution in [3.05, 3.63) is 0 Å². The molecule has 1 aliphatic rings. The van der Waals surface area contributed by atoms with Crippen LogP contribution in [0.4, 0.5) is 0 Å². The molecule has 1 rings (SSSR count). The first-order chi connectivity index (χ1) is 7.77. The van der Waals surface area contributed by atoms with Gasteiger partial charge in [-0.05, 0) is 35.3 Å². The molecule has 0 bridgehead atoms. The largest absolute Gasteiger partial charge is 0.420 e. The van der Waals surface area contributed by atoms with Gasteiger partial charge in [0, 0.05) is 12.0 Å². The molecule has 0 radical (unpaired) electrons. The number of aliphatic hydroxyl groups excluding tert-OH is 1. The van der Waals surface area contributed by atoms with Gasteiger partial charge in [0.25, 0.3) is 6.72 Å². The number of hydrogen-bond donors (Lipinski definition) is 2. The standard InChI is InChI=1S/C12H25NO.CH2NS/c1-9-6-7-12(4,11(9,2)3)10(14)8-13-5;1-2-3/h9-10,13-14H,6-8H2,1-5H3;1H2/q;+1. The molecule has 3 unspecified atom stereocenters. The van der Waals surface area contributed by atoms with Gasteiger partial charge in [0.1, 0.15) is 0 Å². The van der Waals surface area contributed by atoms with Crippen LogP contribution in [-0.4, -0.2) is 31.5 Å². The molecule has 0 aliphatic heterocycles. The molecule has 0 aromatic rings. The molecule has 1 aliphatic carbocycles. The molecular weight excluding hydrogens is 232 g/mol. The maximum absolute atomic E-state index is 10.2. The van der Waals surface area contributed by atoms with E-state index < -0.39 is 0 Å². The van der Waals surface area contributed by atoms with E-state index in [1.807, 2.05) is 7.05 Å². The number of hydrogen-bond acceptors (Lipinski definition) is 3. The first-order valence-corrected chi connectivity index (χ1v) is 6.55. The third-order valence-corrected chi connectivity index (χ3v) is 4.93. The highest BCUT2D eigenvalue weighted by Crippen LogP contribution is 2.57. The van der Waals surface area contributed by atoms with Crippen molar-refractivity contribution in [2.75, 3.05) is 13.6 Å². The van der Waals surface area contributed by atoms with Gasteiger partial charge in [0.2, 0.25) is 0 Å². The number of rotatable bonds is 3. The summed E-state index contributed by atoms with van der Waals surface area (Å²) in [5.74, 6) is 0.707. The van der Waals surface area contributed by atoms with Crippen molar-refractivity contribution < 1.29 is 5.11 Å². The number of nitrogens with one attached hydrogen (secondary N) is 1. The summed E-state index contributed by atoms with van der Waals surface area (Å²) in [7, 11) is 1.90. The lowest BCUT2D eigenvalue weighted by molar-refractivity contribution is -0.0382. The van der Waals surface area contributed by atoms with E-state index in [0.29, 0.717) is 12.5 Å². The minimum Gasteiger partial charge on any atom is -0.391 e.